The van der Waals surface area contributed by atoms with Gasteiger partial charge in [0.1, 0.15) is 0 Å². The van der Waals surface area contributed by atoms with E-state index in [0.29, 0.717) is 17.5 Å². The molecule has 0 aliphatic carbocycles. The van der Waals surface area contributed by atoms with Gasteiger partial charge in [0.05, 0.1) is 23.4 Å². The van der Waals surface area contributed by atoms with E-state index in [0.717, 1.165) is 4.90 Å². The van der Waals surface area contributed by atoms with Crippen LogP contribution in [0, 0.1) is 0 Å². The Kier molecular flexibility index (Phi) is 5.52. The molecule has 7 heteroatoms. The molecule has 1 aromatic rings. The van der Waals surface area contributed by atoms with Gasteiger partial charge in [-0.15, -0.1) is 0 Å². The summed E-state index contributed by atoms with van der Waals surface area (Å²) in [6, 6.07) is 6.64. The smallest absolute Gasteiger partial charge is 0.324 e. The number of hydrogen-bond acceptors (Lipinski definition) is 4. The van der Waals surface area contributed by atoms with Gasteiger partial charge in [-0.3, -0.25) is 19.1 Å². The van der Waals surface area contributed by atoms with Crippen LogP contribution in [0.15, 0.2) is 36.4 Å². The van der Waals surface area contributed by atoms with Crippen molar-refractivity contribution in [2.45, 2.75) is 26.4 Å². The van der Waals surface area contributed by atoms with Gasteiger partial charge in [0.2, 0.25) is 0 Å². The fraction of sp³-hybridized carbons (Fsp3) is 0.375. The Balaban J connectivity index is 1.93. The van der Waals surface area contributed by atoms with E-state index < -0.39 is 7.60 Å². The molecule has 0 fully saturated rings. The maximum absolute atomic E-state index is 12.1. The van der Waals surface area contributed by atoms with Gasteiger partial charge in [0.25, 0.3) is 11.8 Å². The summed E-state index contributed by atoms with van der Waals surface area (Å²) in [4.78, 5) is 35.0. The first-order valence-electron chi connectivity index (χ1n) is 7.46. The molecule has 6 nitrogen and oxygen atoms in total. The largest absolute Gasteiger partial charge is 0.332 e. The lowest BCUT2D eigenvalue weighted by molar-refractivity contribution is 0.0672. The van der Waals surface area contributed by atoms with E-state index in [1.807, 2.05) is 6.92 Å². The lowest BCUT2D eigenvalue weighted by atomic mass is 10.1. The molecule has 2 atom stereocenters. The normalized spacial score (nSPS) is 18.3. The maximum Gasteiger partial charge on any atom is 0.332 e. The van der Waals surface area contributed by atoms with Gasteiger partial charge in [-0.05, 0) is 25.5 Å². The zero-order chi connectivity index (χ0) is 17.0. The predicted octanol–water partition coefficient (Wildman–Crippen LogP) is 2.84. The fourth-order valence-corrected chi connectivity index (χ4v) is 3.40. The number of carbonyl (C=O) groups is 2. The van der Waals surface area contributed by atoms with Crippen LogP contribution in [0.2, 0.25) is 0 Å². The lowest BCUT2D eigenvalue weighted by Gasteiger charge is -2.15. The molecular formula is C16H20NO5P. The molecule has 2 amide bonds. The second-order valence-electron chi connectivity index (χ2n) is 5.38. The first-order valence-corrected chi connectivity index (χ1v) is 9.22. The molecule has 124 valence electrons. The highest BCUT2D eigenvalue weighted by Crippen LogP contribution is 2.43. The van der Waals surface area contributed by atoms with E-state index in [9.17, 15) is 19.0 Å². The molecular weight excluding hydrogens is 317 g/mol. The molecule has 1 heterocycles. The summed E-state index contributed by atoms with van der Waals surface area (Å²) < 4.78 is 16.9. The van der Waals surface area contributed by atoms with Gasteiger partial charge in [0, 0.05) is 6.54 Å². The average molecular weight is 337 g/mol. The van der Waals surface area contributed by atoms with E-state index in [1.165, 1.54) is 12.2 Å². The van der Waals surface area contributed by atoms with E-state index in [2.05, 4.69) is 0 Å². The number of allylic oxidation sites excluding steroid dienone is 1. The summed E-state index contributed by atoms with van der Waals surface area (Å²) in [5, 5.41) is 0. The highest BCUT2D eigenvalue weighted by molar-refractivity contribution is 7.53. The van der Waals surface area contributed by atoms with Crippen molar-refractivity contribution in [2.24, 2.45) is 0 Å². The highest BCUT2D eigenvalue weighted by atomic mass is 31.2. The van der Waals surface area contributed by atoms with Crippen LogP contribution in [0.4, 0.5) is 0 Å². The maximum atomic E-state index is 12.1. The number of rotatable bonds is 7. The molecule has 2 unspecified atom stereocenters. The van der Waals surface area contributed by atoms with Crippen molar-refractivity contribution >= 4 is 19.4 Å². The Bertz CT molecular complexity index is 650. The first-order chi connectivity index (χ1) is 10.9. The summed E-state index contributed by atoms with van der Waals surface area (Å²) in [6.07, 6.45) is 3.19. The SMILES string of the molecule is CCC(C)OP(=O)(O)CC=CCN1C(=O)c2ccccc2C1=O. The van der Waals surface area contributed by atoms with Gasteiger partial charge in [-0.1, -0.05) is 31.2 Å². The van der Waals surface area contributed by atoms with Gasteiger partial charge in [-0.25, -0.2) is 0 Å². The van der Waals surface area contributed by atoms with Crippen molar-refractivity contribution in [3.8, 4) is 0 Å². The van der Waals surface area contributed by atoms with Crippen molar-refractivity contribution in [2.75, 3.05) is 12.7 Å². The zero-order valence-corrected chi connectivity index (χ0v) is 14.0. The molecule has 2 rings (SSSR count). The van der Waals surface area contributed by atoms with E-state index in [1.54, 1.807) is 31.2 Å². The summed E-state index contributed by atoms with van der Waals surface area (Å²) in [6.45, 7) is 3.66. The molecule has 1 aliphatic rings. The van der Waals surface area contributed by atoms with Crippen LogP contribution in [0.5, 0.6) is 0 Å². The minimum Gasteiger partial charge on any atom is -0.324 e. The van der Waals surface area contributed by atoms with Crippen LogP contribution in [-0.2, 0) is 9.09 Å². The molecule has 0 saturated carbocycles. The Morgan fingerprint density at radius 3 is 2.30 bits per heavy atom. The topological polar surface area (TPSA) is 83.9 Å². The summed E-state index contributed by atoms with van der Waals surface area (Å²) in [5.74, 6) is -0.698. The second-order valence-corrected chi connectivity index (χ2v) is 7.23. The first kappa shape index (κ1) is 17.6. The third-order valence-corrected chi connectivity index (χ3v) is 4.95. The van der Waals surface area contributed by atoms with Crippen molar-refractivity contribution < 1.29 is 23.6 Å². The van der Waals surface area contributed by atoms with Crippen LogP contribution < -0.4 is 0 Å². The minimum atomic E-state index is -3.69. The molecule has 23 heavy (non-hydrogen) atoms. The van der Waals surface area contributed by atoms with Gasteiger partial charge in [-0.2, -0.15) is 0 Å². The van der Waals surface area contributed by atoms with Gasteiger partial charge < -0.3 is 9.42 Å². The van der Waals surface area contributed by atoms with Crippen molar-refractivity contribution in [3.63, 3.8) is 0 Å². The Labute approximate surface area is 135 Å². The molecule has 0 aromatic heterocycles. The van der Waals surface area contributed by atoms with Crippen LogP contribution in [0.1, 0.15) is 41.0 Å². The van der Waals surface area contributed by atoms with Crippen LogP contribution >= 0.6 is 7.60 Å². The van der Waals surface area contributed by atoms with Crippen LogP contribution in [0.25, 0.3) is 0 Å². The summed E-state index contributed by atoms with van der Waals surface area (Å²) in [7, 11) is -3.69. The molecule has 0 spiro atoms. The monoisotopic (exact) mass is 337 g/mol. The molecule has 1 N–H and O–H groups in total. The third-order valence-electron chi connectivity index (χ3n) is 3.59. The van der Waals surface area contributed by atoms with E-state index >= 15 is 0 Å². The summed E-state index contributed by atoms with van der Waals surface area (Å²) in [5.41, 5.74) is 0.776. The molecule has 0 bridgehead atoms. The molecule has 1 aromatic carbocycles. The number of fused-ring (bicyclic) bond motifs is 1. The number of carbonyl (C=O) groups excluding carboxylic acids is 2. The number of amides is 2. The second kappa shape index (κ2) is 7.21. The van der Waals surface area contributed by atoms with Crippen molar-refractivity contribution in [1.29, 1.82) is 0 Å². The van der Waals surface area contributed by atoms with E-state index in [4.69, 9.17) is 4.52 Å². The fourth-order valence-electron chi connectivity index (χ4n) is 2.19. The average Bonchev–Trinajstić information content (AvgIpc) is 2.76. The summed E-state index contributed by atoms with van der Waals surface area (Å²) >= 11 is 0. The number of imide groups is 1. The van der Waals surface area contributed by atoms with Gasteiger partial charge >= 0.3 is 7.60 Å². The minimum absolute atomic E-state index is 0.0652. The molecule has 0 saturated heterocycles. The van der Waals surface area contributed by atoms with E-state index in [-0.39, 0.29) is 30.6 Å². The van der Waals surface area contributed by atoms with Gasteiger partial charge in [0.15, 0.2) is 0 Å². The van der Waals surface area contributed by atoms with Crippen LogP contribution in [-0.4, -0.2) is 40.4 Å². The Morgan fingerprint density at radius 2 is 1.78 bits per heavy atom. The molecule has 0 radical (unpaired) electrons. The zero-order valence-electron chi connectivity index (χ0n) is 13.1. The number of benzene rings is 1. The Morgan fingerprint density at radius 1 is 1.22 bits per heavy atom. The molecule has 1 aliphatic heterocycles. The number of nitrogens with zero attached hydrogens (tertiary/aromatic N) is 1. The predicted molar refractivity (Wildman–Crippen MR) is 86.5 cm³/mol. The standard InChI is InChI=1S/C16H20NO5P/c1-3-12(2)22-23(20,21)11-7-6-10-17-15(18)13-8-4-5-9-14(13)16(17)19/h4-9,12H,3,10-11H2,1-2H3,(H,20,21). The number of hydrogen-bond donors (Lipinski definition) is 1. The highest BCUT2D eigenvalue weighted by Gasteiger charge is 2.34. The van der Waals surface area contributed by atoms with Crippen molar-refractivity contribution in [3.05, 3.63) is 47.5 Å². The Hall–Kier alpha value is -1.75. The van der Waals surface area contributed by atoms with Crippen LogP contribution in [0.3, 0.4) is 0 Å². The quantitative estimate of drug-likeness (QED) is 0.470. The van der Waals surface area contributed by atoms with Crippen molar-refractivity contribution in [1.82, 2.24) is 4.90 Å². The lowest BCUT2D eigenvalue weighted by Crippen LogP contribution is -2.29. The third kappa shape index (κ3) is 4.16.